The molecule has 0 aliphatic rings. The zero-order valence-electron chi connectivity index (χ0n) is 9.71. The number of alkyl halides is 4. The second-order valence-corrected chi connectivity index (χ2v) is 4.02. The highest BCUT2D eigenvalue weighted by atomic mass is 19.3. The molecule has 1 aromatic carbocycles. The first-order valence-corrected chi connectivity index (χ1v) is 5.45. The molecule has 0 saturated heterocycles. The Morgan fingerprint density at radius 2 is 2.00 bits per heavy atom. The summed E-state index contributed by atoms with van der Waals surface area (Å²) in [5, 5.41) is 2.82. The zero-order chi connectivity index (χ0) is 14.0. The lowest BCUT2D eigenvalue weighted by atomic mass is 10.1. The van der Waals surface area contributed by atoms with Crippen molar-refractivity contribution in [1.29, 1.82) is 0 Å². The van der Waals surface area contributed by atoms with E-state index in [0.29, 0.717) is 16.6 Å². The number of benzene rings is 1. The predicted octanol–water partition coefficient (Wildman–Crippen LogP) is 3.13. The summed E-state index contributed by atoms with van der Waals surface area (Å²) in [5.74, 6) is -4.09. The van der Waals surface area contributed by atoms with Crippen LogP contribution in [-0.2, 0) is 0 Å². The lowest BCUT2D eigenvalue weighted by molar-refractivity contribution is -0.117. The molecule has 0 aliphatic heterocycles. The van der Waals surface area contributed by atoms with Crippen LogP contribution in [0, 0.1) is 0 Å². The second-order valence-electron chi connectivity index (χ2n) is 4.02. The van der Waals surface area contributed by atoms with Crippen LogP contribution >= 0.6 is 0 Å². The summed E-state index contributed by atoms with van der Waals surface area (Å²) in [5.41, 5.74) is 6.81. The fourth-order valence-electron chi connectivity index (χ4n) is 1.64. The monoisotopic (exact) mass is 273 g/mol. The molecule has 0 unspecified atom stereocenters. The second kappa shape index (κ2) is 4.91. The molecule has 3 N–H and O–H groups in total. The van der Waals surface area contributed by atoms with Crippen LogP contribution in [0.25, 0.3) is 10.9 Å². The summed E-state index contributed by atoms with van der Waals surface area (Å²) >= 11 is 0. The molecule has 102 valence electrons. The van der Waals surface area contributed by atoms with E-state index in [1.807, 2.05) is 0 Å². The molecule has 0 spiro atoms. The van der Waals surface area contributed by atoms with Crippen molar-refractivity contribution in [1.82, 2.24) is 4.98 Å². The molecule has 0 aliphatic carbocycles. The van der Waals surface area contributed by atoms with Crippen LogP contribution < -0.4 is 11.1 Å². The van der Waals surface area contributed by atoms with Gasteiger partial charge in [0.2, 0.25) is 0 Å². The van der Waals surface area contributed by atoms with Crippen molar-refractivity contribution in [2.75, 3.05) is 17.6 Å². The average molecular weight is 273 g/mol. The first kappa shape index (κ1) is 13.4. The quantitative estimate of drug-likeness (QED) is 0.664. The molecule has 1 aromatic heterocycles. The standard InChI is InChI=1S/C12H11F4N3/c13-11(14)12(15,16)6-19-9-4-3-8(17)10-7(9)2-1-5-18-10/h1-5,11,19H,6,17H2. The molecule has 0 amide bonds. The van der Waals surface area contributed by atoms with E-state index in [4.69, 9.17) is 5.73 Å². The molecule has 0 bridgehead atoms. The smallest absolute Gasteiger partial charge is 0.324 e. The molecular weight excluding hydrogens is 262 g/mol. The Balaban J connectivity index is 2.29. The number of halogens is 4. The van der Waals surface area contributed by atoms with Gasteiger partial charge in [0.05, 0.1) is 17.7 Å². The fourth-order valence-corrected chi connectivity index (χ4v) is 1.64. The first-order chi connectivity index (χ1) is 8.92. The van der Waals surface area contributed by atoms with Gasteiger partial charge < -0.3 is 11.1 Å². The number of rotatable bonds is 4. The van der Waals surface area contributed by atoms with E-state index in [-0.39, 0.29) is 5.69 Å². The largest absolute Gasteiger partial charge is 0.397 e. The lowest BCUT2D eigenvalue weighted by Gasteiger charge is -2.17. The van der Waals surface area contributed by atoms with E-state index in [9.17, 15) is 17.6 Å². The molecule has 3 nitrogen and oxygen atoms in total. The maximum absolute atomic E-state index is 12.9. The highest BCUT2D eigenvalue weighted by Crippen LogP contribution is 2.28. The highest BCUT2D eigenvalue weighted by Gasteiger charge is 2.40. The minimum absolute atomic E-state index is 0.289. The van der Waals surface area contributed by atoms with E-state index in [2.05, 4.69) is 10.3 Å². The summed E-state index contributed by atoms with van der Waals surface area (Å²) in [6.07, 6.45) is -2.20. The van der Waals surface area contributed by atoms with E-state index < -0.39 is 18.9 Å². The number of hydrogen-bond acceptors (Lipinski definition) is 3. The molecule has 2 aromatic rings. The Kier molecular flexibility index (Phi) is 3.46. The maximum Gasteiger partial charge on any atom is 0.324 e. The number of pyridine rings is 1. The van der Waals surface area contributed by atoms with Gasteiger partial charge in [0.15, 0.2) is 0 Å². The van der Waals surface area contributed by atoms with Crippen LogP contribution in [0.4, 0.5) is 28.9 Å². The molecule has 0 saturated carbocycles. The Hall–Kier alpha value is -2.05. The molecule has 1 heterocycles. The third-order valence-corrected chi connectivity index (χ3v) is 2.63. The molecule has 19 heavy (non-hydrogen) atoms. The lowest BCUT2D eigenvalue weighted by Crippen LogP contribution is -2.34. The maximum atomic E-state index is 12.9. The summed E-state index contributed by atoms with van der Waals surface area (Å²) in [7, 11) is 0. The van der Waals surface area contributed by atoms with Crippen molar-refractivity contribution in [2.45, 2.75) is 12.3 Å². The highest BCUT2D eigenvalue weighted by molar-refractivity contribution is 5.98. The minimum Gasteiger partial charge on any atom is -0.397 e. The number of fused-ring (bicyclic) bond motifs is 1. The van der Waals surface area contributed by atoms with Crippen LogP contribution in [0.15, 0.2) is 30.5 Å². The van der Waals surface area contributed by atoms with Gasteiger partial charge in [0, 0.05) is 17.3 Å². The van der Waals surface area contributed by atoms with Gasteiger partial charge in [-0.05, 0) is 24.3 Å². The first-order valence-electron chi connectivity index (χ1n) is 5.45. The van der Waals surface area contributed by atoms with Gasteiger partial charge in [0.25, 0.3) is 0 Å². The van der Waals surface area contributed by atoms with Crippen LogP contribution in [0.1, 0.15) is 0 Å². The van der Waals surface area contributed by atoms with Gasteiger partial charge in [-0.1, -0.05) is 0 Å². The Morgan fingerprint density at radius 1 is 1.26 bits per heavy atom. The van der Waals surface area contributed by atoms with Gasteiger partial charge >= 0.3 is 12.3 Å². The zero-order valence-corrected chi connectivity index (χ0v) is 9.71. The topological polar surface area (TPSA) is 50.9 Å². The van der Waals surface area contributed by atoms with Crippen LogP contribution in [0.3, 0.4) is 0 Å². The van der Waals surface area contributed by atoms with E-state index in [0.717, 1.165) is 0 Å². The fraction of sp³-hybridized carbons (Fsp3) is 0.250. The van der Waals surface area contributed by atoms with Crippen LogP contribution in [0.5, 0.6) is 0 Å². The molecular formula is C12H11F4N3. The number of nitrogens with zero attached hydrogens (tertiary/aromatic N) is 1. The molecule has 7 heteroatoms. The number of aromatic nitrogens is 1. The van der Waals surface area contributed by atoms with Gasteiger partial charge in [0.1, 0.15) is 0 Å². The third kappa shape index (κ3) is 2.69. The van der Waals surface area contributed by atoms with Crippen molar-refractivity contribution in [3.05, 3.63) is 30.5 Å². The number of nitrogen functional groups attached to an aromatic ring is 1. The normalized spacial score (nSPS) is 12.1. The Labute approximate surface area is 106 Å². The van der Waals surface area contributed by atoms with Crippen LogP contribution in [-0.4, -0.2) is 23.9 Å². The van der Waals surface area contributed by atoms with Gasteiger partial charge in [-0.2, -0.15) is 8.78 Å². The summed E-state index contributed by atoms with van der Waals surface area (Å²) < 4.78 is 49.9. The third-order valence-electron chi connectivity index (χ3n) is 2.63. The number of nitrogens with two attached hydrogens (primary N) is 1. The number of hydrogen-bond donors (Lipinski definition) is 2. The van der Waals surface area contributed by atoms with Crippen LogP contribution in [0.2, 0.25) is 0 Å². The molecule has 0 radical (unpaired) electrons. The van der Waals surface area contributed by atoms with Gasteiger partial charge in [-0.3, -0.25) is 4.98 Å². The van der Waals surface area contributed by atoms with Gasteiger partial charge in [-0.15, -0.1) is 0 Å². The SMILES string of the molecule is Nc1ccc(NCC(F)(F)C(F)F)c2cccnc12. The molecule has 0 atom stereocenters. The van der Waals surface area contributed by atoms with Crippen molar-refractivity contribution < 1.29 is 17.6 Å². The van der Waals surface area contributed by atoms with Crippen molar-refractivity contribution in [3.63, 3.8) is 0 Å². The number of nitrogens with one attached hydrogen (secondary N) is 1. The average Bonchev–Trinajstić information content (AvgIpc) is 2.38. The minimum atomic E-state index is -4.09. The summed E-state index contributed by atoms with van der Waals surface area (Å²) in [4.78, 5) is 4.02. The van der Waals surface area contributed by atoms with Gasteiger partial charge in [-0.25, -0.2) is 8.78 Å². The Bertz CT molecular complexity index is 586. The van der Waals surface area contributed by atoms with E-state index in [1.54, 1.807) is 12.1 Å². The molecule has 0 fully saturated rings. The Morgan fingerprint density at radius 3 is 2.68 bits per heavy atom. The predicted molar refractivity (Wildman–Crippen MR) is 65.6 cm³/mol. The van der Waals surface area contributed by atoms with Crippen molar-refractivity contribution >= 4 is 22.3 Å². The van der Waals surface area contributed by atoms with Crippen molar-refractivity contribution in [2.24, 2.45) is 0 Å². The van der Waals surface area contributed by atoms with E-state index >= 15 is 0 Å². The van der Waals surface area contributed by atoms with Crippen molar-refractivity contribution in [3.8, 4) is 0 Å². The number of anilines is 2. The molecule has 2 rings (SSSR count). The summed E-state index contributed by atoms with van der Waals surface area (Å²) in [6, 6.07) is 6.18. The van der Waals surface area contributed by atoms with E-state index in [1.165, 1.54) is 18.3 Å². The summed E-state index contributed by atoms with van der Waals surface area (Å²) in [6.45, 7) is -1.15.